The van der Waals surface area contributed by atoms with Gasteiger partial charge in [-0.25, -0.2) is 4.79 Å². The fourth-order valence-corrected chi connectivity index (χ4v) is 1.86. The Labute approximate surface area is 123 Å². The number of amides is 1. The first-order valence-electron chi connectivity index (χ1n) is 6.72. The third-order valence-corrected chi connectivity index (χ3v) is 2.87. The Bertz CT molecular complexity index is 512. The molecular weight excluding hydrogens is 272 g/mol. The van der Waals surface area contributed by atoms with Crippen LogP contribution in [0, 0.1) is 5.92 Å². The van der Waals surface area contributed by atoms with E-state index in [0.29, 0.717) is 0 Å². The zero-order chi connectivity index (χ0) is 15.8. The van der Waals surface area contributed by atoms with E-state index in [1.54, 1.807) is 24.3 Å². The lowest BCUT2D eigenvalue weighted by Crippen LogP contribution is -2.45. The molecule has 6 heteroatoms. The maximum atomic E-state index is 11.9. The average Bonchev–Trinajstić information content (AvgIpc) is 2.44. The number of hydrogen-bond acceptors (Lipinski definition) is 4. The maximum absolute atomic E-state index is 11.9. The number of nitrogens with one attached hydrogen (secondary N) is 1. The number of oxime groups is 1. The first kappa shape index (κ1) is 16.7. The topological polar surface area (TPSA) is 99.0 Å². The molecule has 21 heavy (non-hydrogen) atoms. The number of aliphatic carboxylic acids is 1. The Kier molecular flexibility index (Phi) is 6.39. The summed E-state index contributed by atoms with van der Waals surface area (Å²) in [6.45, 7) is 3.74. The van der Waals surface area contributed by atoms with Crippen molar-refractivity contribution < 1.29 is 19.9 Å². The molecule has 1 amide bonds. The van der Waals surface area contributed by atoms with Crippen molar-refractivity contribution in [2.45, 2.75) is 32.7 Å². The normalized spacial score (nSPS) is 13.0. The van der Waals surface area contributed by atoms with Crippen molar-refractivity contribution in [3.63, 3.8) is 0 Å². The van der Waals surface area contributed by atoms with Gasteiger partial charge < -0.3 is 15.6 Å². The molecule has 0 saturated heterocycles. The first-order valence-corrected chi connectivity index (χ1v) is 6.72. The zero-order valence-corrected chi connectivity index (χ0v) is 12.1. The van der Waals surface area contributed by atoms with Gasteiger partial charge in [0.2, 0.25) is 0 Å². The Hall–Kier alpha value is -2.37. The number of benzene rings is 1. The second-order valence-electron chi connectivity index (χ2n) is 5.20. The van der Waals surface area contributed by atoms with Crippen LogP contribution in [-0.4, -0.2) is 33.9 Å². The van der Waals surface area contributed by atoms with Gasteiger partial charge in [0.05, 0.1) is 0 Å². The molecule has 1 atom stereocenters. The molecule has 0 fully saturated rings. The second kappa shape index (κ2) is 8.04. The van der Waals surface area contributed by atoms with Crippen LogP contribution in [0.4, 0.5) is 0 Å². The van der Waals surface area contributed by atoms with Crippen LogP contribution in [0.1, 0.15) is 25.8 Å². The fourth-order valence-electron chi connectivity index (χ4n) is 1.86. The van der Waals surface area contributed by atoms with E-state index in [2.05, 4.69) is 10.5 Å². The summed E-state index contributed by atoms with van der Waals surface area (Å²) < 4.78 is 0. The highest BCUT2D eigenvalue weighted by atomic mass is 16.4. The van der Waals surface area contributed by atoms with Crippen molar-refractivity contribution >= 4 is 17.6 Å². The van der Waals surface area contributed by atoms with Crippen LogP contribution < -0.4 is 5.32 Å². The predicted molar refractivity (Wildman–Crippen MR) is 78.4 cm³/mol. The van der Waals surface area contributed by atoms with Gasteiger partial charge in [0.1, 0.15) is 11.8 Å². The van der Waals surface area contributed by atoms with E-state index in [1.807, 2.05) is 19.9 Å². The van der Waals surface area contributed by atoms with Crippen LogP contribution in [0.5, 0.6) is 0 Å². The number of carboxylic acids is 1. The minimum atomic E-state index is -1.13. The Balaban J connectivity index is 2.74. The van der Waals surface area contributed by atoms with Crippen LogP contribution >= 0.6 is 0 Å². The van der Waals surface area contributed by atoms with Crippen LogP contribution in [0.15, 0.2) is 35.5 Å². The van der Waals surface area contributed by atoms with Gasteiger partial charge in [-0.3, -0.25) is 4.79 Å². The molecule has 0 aromatic heterocycles. The van der Waals surface area contributed by atoms with E-state index < -0.39 is 17.9 Å². The summed E-state index contributed by atoms with van der Waals surface area (Å²) in [4.78, 5) is 23.2. The summed E-state index contributed by atoms with van der Waals surface area (Å²) >= 11 is 0. The third-order valence-electron chi connectivity index (χ3n) is 2.87. The summed E-state index contributed by atoms with van der Waals surface area (Å²) in [5.74, 6) is -1.66. The predicted octanol–water partition coefficient (Wildman–Crippen LogP) is 1.67. The van der Waals surface area contributed by atoms with Crippen LogP contribution in [0.3, 0.4) is 0 Å². The van der Waals surface area contributed by atoms with E-state index in [1.165, 1.54) is 0 Å². The number of rotatable bonds is 7. The molecule has 1 aromatic rings. The highest BCUT2D eigenvalue weighted by Crippen LogP contribution is 2.05. The standard InChI is InChI=1S/C15H20N2O4/c1-10(2)8-12(17-21)14(18)16-13(15(19)20)9-11-6-4-3-5-7-11/h3-7,10,13,21H,8-9H2,1-2H3,(H,16,18)(H,19,20)/b17-12-/t13-/m0/s1. The number of hydrogen-bond donors (Lipinski definition) is 3. The fraction of sp³-hybridized carbons (Fsp3) is 0.400. The molecule has 114 valence electrons. The van der Waals surface area contributed by atoms with Gasteiger partial charge in [-0.05, 0) is 11.5 Å². The Morgan fingerprint density at radius 3 is 2.33 bits per heavy atom. The maximum Gasteiger partial charge on any atom is 0.326 e. The van der Waals surface area contributed by atoms with Crippen molar-refractivity contribution in [3.05, 3.63) is 35.9 Å². The SMILES string of the molecule is CC(C)C/C(=N/O)C(=O)N[C@@H](Cc1ccccc1)C(=O)O. The lowest BCUT2D eigenvalue weighted by molar-refractivity contribution is -0.141. The number of carbonyl (C=O) groups excluding carboxylic acids is 1. The average molecular weight is 292 g/mol. The van der Waals surface area contributed by atoms with Crippen molar-refractivity contribution in [1.29, 1.82) is 0 Å². The summed E-state index contributed by atoms with van der Waals surface area (Å²) in [5.41, 5.74) is 0.737. The second-order valence-corrected chi connectivity index (χ2v) is 5.20. The van der Waals surface area contributed by atoms with Gasteiger partial charge in [0.25, 0.3) is 5.91 Å². The first-order chi connectivity index (χ1) is 9.93. The van der Waals surface area contributed by atoms with Crippen molar-refractivity contribution in [1.82, 2.24) is 5.32 Å². The van der Waals surface area contributed by atoms with E-state index >= 15 is 0 Å². The Morgan fingerprint density at radius 2 is 1.86 bits per heavy atom. The minimum Gasteiger partial charge on any atom is -0.480 e. The van der Waals surface area contributed by atoms with Crippen molar-refractivity contribution in [2.24, 2.45) is 11.1 Å². The molecule has 0 heterocycles. The molecule has 3 N–H and O–H groups in total. The van der Waals surface area contributed by atoms with Crippen LogP contribution in [0.25, 0.3) is 0 Å². The molecule has 0 spiro atoms. The van der Waals surface area contributed by atoms with E-state index in [-0.39, 0.29) is 24.5 Å². The molecule has 0 aliphatic rings. The van der Waals surface area contributed by atoms with Crippen LogP contribution in [0.2, 0.25) is 0 Å². The smallest absolute Gasteiger partial charge is 0.326 e. The van der Waals surface area contributed by atoms with Gasteiger partial charge in [-0.1, -0.05) is 49.3 Å². The number of carboxylic acid groups (broad SMARTS) is 1. The zero-order valence-electron chi connectivity index (χ0n) is 12.1. The quantitative estimate of drug-likeness (QED) is 0.404. The molecule has 0 radical (unpaired) electrons. The van der Waals surface area contributed by atoms with E-state index in [4.69, 9.17) is 5.21 Å². The summed E-state index contributed by atoms with van der Waals surface area (Å²) in [7, 11) is 0. The van der Waals surface area contributed by atoms with Gasteiger partial charge >= 0.3 is 5.97 Å². The highest BCUT2D eigenvalue weighted by molar-refractivity contribution is 6.39. The van der Waals surface area contributed by atoms with Crippen molar-refractivity contribution in [3.8, 4) is 0 Å². The highest BCUT2D eigenvalue weighted by Gasteiger charge is 2.23. The molecule has 0 saturated carbocycles. The molecule has 0 bridgehead atoms. The molecule has 0 aliphatic carbocycles. The van der Waals surface area contributed by atoms with E-state index in [9.17, 15) is 14.7 Å². The molecule has 0 unspecified atom stereocenters. The molecular formula is C15H20N2O4. The number of nitrogens with zero attached hydrogens (tertiary/aromatic N) is 1. The molecule has 6 nitrogen and oxygen atoms in total. The van der Waals surface area contributed by atoms with Gasteiger partial charge in [-0.2, -0.15) is 0 Å². The lowest BCUT2D eigenvalue weighted by atomic mass is 10.0. The Morgan fingerprint density at radius 1 is 1.24 bits per heavy atom. The third kappa shape index (κ3) is 5.64. The minimum absolute atomic E-state index is 0.0655. The van der Waals surface area contributed by atoms with Crippen molar-refractivity contribution in [2.75, 3.05) is 0 Å². The van der Waals surface area contributed by atoms with Gasteiger partial charge in [-0.15, -0.1) is 0 Å². The van der Waals surface area contributed by atoms with Gasteiger partial charge in [0, 0.05) is 12.8 Å². The summed E-state index contributed by atoms with van der Waals surface area (Å²) in [6.07, 6.45) is 0.447. The monoisotopic (exact) mass is 292 g/mol. The molecule has 0 aliphatic heterocycles. The summed E-state index contributed by atoms with van der Waals surface area (Å²) in [5, 5.41) is 23.4. The van der Waals surface area contributed by atoms with E-state index in [0.717, 1.165) is 5.56 Å². The van der Waals surface area contributed by atoms with Gasteiger partial charge in [0.15, 0.2) is 0 Å². The van der Waals surface area contributed by atoms with Crippen LogP contribution in [-0.2, 0) is 16.0 Å². The lowest BCUT2D eigenvalue weighted by Gasteiger charge is -2.15. The molecule has 1 aromatic carbocycles. The number of carbonyl (C=O) groups is 2. The largest absolute Gasteiger partial charge is 0.480 e. The summed E-state index contributed by atoms with van der Waals surface area (Å²) in [6, 6.07) is 7.94. The molecule has 1 rings (SSSR count).